The Balaban J connectivity index is 2.42. The molecule has 0 atom stereocenters. The van der Waals surface area contributed by atoms with Crippen molar-refractivity contribution in [2.45, 2.75) is 0 Å². The lowest BCUT2D eigenvalue weighted by Gasteiger charge is -2.14. The first-order valence-electron chi connectivity index (χ1n) is 5.72. The van der Waals surface area contributed by atoms with Gasteiger partial charge in [-0.3, -0.25) is 0 Å². The normalized spacial score (nSPS) is 10.2. The average Bonchev–Trinajstić information content (AvgIpc) is 2.44. The van der Waals surface area contributed by atoms with Gasteiger partial charge < -0.3 is 15.8 Å². The van der Waals surface area contributed by atoms with Crippen molar-refractivity contribution in [2.75, 3.05) is 18.2 Å². The predicted octanol–water partition coefficient (Wildman–Crippen LogP) is 4.11. The van der Waals surface area contributed by atoms with E-state index in [1.165, 1.54) is 7.11 Å². The molecule has 0 aliphatic rings. The monoisotopic (exact) mass is 310 g/mol. The number of carbonyl (C=O) groups is 1. The molecule has 0 aliphatic heterocycles. The molecule has 2 aromatic carbocycles. The van der Waals surface area contributed by atoms with Crippen molar-refractivity contribution in [3.63, 3.8) is 0 Å². The van der Waals surface area contributed by atoms with Crippen LogP contribution < -0.4 is 11.1 Å². The molecule has 0 saturated heterocycles. The Labute approximate surface area is 126 Å². The van der Waals surface area contributed by atoms with Gasteiger partial charge in [0.25, 0.3) is 0 Å². The summed E-state index contributed by atoms with van der Waals surface area (Å²) in [4.78, 5) is 11.6. The number of nitrogen functional groups attached to an aromatic ring is 1. The summed E-state index contributed by atoms with van der Waals surface area (Å²) in [6, 6.07) is 10.1. The van der Waals surface area contributed by atoms with Crippen LogP contribution in [0.2, 0.25) is 10.0 Å². The molecule has 6 heteroatoms. The van der Waals surface area contributed by atoms with Gasteiger partial charge in [-0.1, -0.05) is 35.3 Å². The van der Waals surface area contributed by atoms with Gasteiger partial charge in [-0.2, -0.15) is 0 Å². The highest BCUT2D eigenvalue weighted by molar-refractivity contribution is 6.39. The molecule has 20 heavy (non-hydrogen) atoms. The third-order valence-electron chi connectivity index (χ3n) is 2.73. The van der Waals surface area contributed by atoms with Gasteiger partial charge >= 0.3 is 5.97 Å². The van der Waals surface area contributed by atoms with E-state index in [4.69, 9.17) is 28.9 Å². The molecular weight excluding hydrogens is 299 g/mol. The fourth-order valence-electron chi connectivity index (χ4n) is 1.71. The van der Waals surface area contributed by atoms with Gasteiger partial charge in [-0.15, -0.1) is 0 Å². The van der Waals surface area contributed by atoms with Crippen LogP contribution in [-0.4, -0.2) is 13.1 Å². The van der Waals surface area contributed by atoms with E-state index >= 15 is 0 Å². The van der Waals surface area contributed by atoms with E-state index in [1.807, 2.05) is 0 Å². The largest absolute Gasteiger partial charge is 0.465 e. The van der Waals surface area contributed by atoms with Crippen LogP contribution in [0.1, 0.15) is 10.4 Å². The molecule has 0 aromatic heterocycles. The van der Waals surface area contributed by atoms with Crippen LogP contribution in [-0.2, 0) is 4.74 Å². The number of para-hydroxylation sites is 2. The molecule has 4 nitrogen and oxygen atoms in total. The molecule has 0 unspecified atom stereocenters. The van der Waals surface area contributed by atoms with Crippen LogP contribution in [0.25, 0.3) is 0 Å². The first-order valence-corrected chi connectivity index (χ1v) is 6.48. The molecule has 0 heterocycles. The van der Waals surface area contributed by atoms with Crippen LogP contribution in [0.5, 0.6) is 0 Å². The lowest BCUT2D eigenvalue weighted by molar-refractivity contribution is 0.0602. The number of methoxy groups -OCH3 is 1. The van der Waals surface area contributed by atoms with E-state index < -0.39 is 5.97 Å². The molecular formula is C14H12Cl2N2O2. The molecule has 104 valence electrons. The number of esters is 1. The summed E-state index contributed by atoms with van der Waals surface area (Å²) in [5.74, 6) is -0.503. The second-order valence-corrected chi connectivity index (χ2v) is 4.79. The summed E-state index contributed by atoms with van der Waals surface area (Å²) in [5, 5.41) is 3.95. The Hall–Kier alpha value is -1.91. The zero-order valence-corrected chi connectivity index (χ0v) is 12.1. The van der Waals surface area contributed by atoms with Crippen molar-refractivity contribution in [3.05, 3.63) is 52.0 Å². The third kappa shape index (κ3) is 2.81. The predicted molar refractivity (Wildman–Crippen MR) is 81.9 cm³/mol. The lowest BCUT2D eigenvalue weighted by Crippen LogP contribution is -2.07. The van der Waals surface area contributed by atoms with Gasteiger partial charge in [0.2, 0.25) is 0 Å². The average molecular weight is 311 g/mol. The molecule has 0 bridgehead atoms. The highest BCUT2D eigenvalue weighted by Crippen LogP contribution is 2.35. The van der Waals surface area contributed by atoms with Crippen LogP contribution in [0.3, 0.4) is 0 Å². The number of hydrogen-bond acceptors (Lipinski definition) is 4. The van der Waals surface area contributed by atoms with Gasteiger partial charge in [0, 0.05) is 0 Å². The molecule has 0 aliphatic carbocycles. The van der Waals surface area contributed by atoms with E-state index in [-0.39, 0.29) is 11.3 Å². The topological polar surface area (TPSA) is 64.3 Å². The number of anilines is 3. The zero-order chi connectivity index (χ0) is 14.7. The smallest absolute Gasteiger partial charge is 0.340 e. The summed E-state index contributed by atoms with van der Waals surface area (Å²) in [5.41, 5.74) is 7.57. The fraction of sp³-hybridized carbons (Fsp3) is 0.0714. The standard InChI is InChI=1S/C14H12Cl2N2O2/c1-20-14(19)8-4-2-7-11(12(8)17)18-13-9(15)5-3-6-10(13)16/h2-7,18H,17H2,1H3. The maximum Gasteiger partial charge on any atom is 0.340 e. The Kier molecular flexibility index (Phi) is 4.37. The molecule has 0 radical (unpaired) electrons. The minimum Gasteiger partial charge on any atom is -0.465 e. The van der Waals surface area contributed by atoms with Crippen LogP contribution in [0.15, 0.2) is 36.4 Å². The van der Waals surface area contributed by atoms with Gasteiger partial charge in [-0.25, -0.2) is 4.79 Å². The molecule has 0 amide bonds. The summed E-state index contributed by atoms with van der Waals surface area (Å²) in [6.45, 7) is 0. The number of nitrogens with two attached hydrogens (primary N) is 1. The van der Waals surface area contributed by atoms with Crippen molar-refractivity contribution < 1.29 is 9.53 Å². The number of ether oxygens (including phenoxy) is 1. The fourth-order valence-corrected chi connectivity index (χ4v) is 2.21. The maximum atomic E-state index is 11.6. The number of hydrogen-bond donors (Lipinski definition) is 2. The highest BCUT2D eigenvalue weighted by Gasteiger charge is 2.14. The van der Waals surface area contributed by atoms with E-state index in [9.17, 15) is 4.79 Å². The number of halogens is 2. The first-order chi connectivity index (χ1) is 9.54. The Bertz CT molecular complexity index is 639. The number of rotatable bonds is 3. The third-order valence-corrected chi connectivity index (χ3v) is 3.36. The van der Waals surface area contributed by atoms with Crippen molar-refractivity contribution in [3.8, 4) is 0 Å². The van der Waals surface area contributed by atoms with Crippen molar-refractivity contribution in [1.82, 2.24) is 0 Å². The van der Waals surface area contributed by atoms with E-state index in [1.54, 1.807) is 36.4 Å². The summed E-state index contributed by atoms with van der Waals surface area (Å²) < 4.78 is 4.67. The number of nitrogens with one attached hydrogen (secondary N) is 1. The van der Waals surface area contributed by atoms with Gasteiger partial charge in [-0.05, 0) is 24.3 Å². The minimum atomic E-state index is -0.503. The van der Waals surface area contributed by atoms with Gasteiger partial charge in [0.05, 0.1) is 39.8 Å². The molecule has 2 aromatic rings. The maximum absolute atomic E-state index is 11.6. The van der Waals surface area contributed by atoms with Crippen molar-refractivity contribution in [2.24, 2.45) is 0 Å². The van der Waals surface area contributed by atoms with Gasteiger partial charge in [0.15, 0.2) is 0 Å². The van der Waals surface area contributed by atoms with Crippen molar-refractivity contribution >= 4 is 46.2 Å². The Morgan fingerprint density at radius 1 is 1.15 bits per heavy atom. The summed E-state index contributed by atoms with van der Waals surface area (Å²) in [6.07, 6.45) is 0. The minimum absolute atomic E-state index is 0.273. The van der Waals surface area contributed by atoms with E-state index in [2.05, 4.69) is 10.1 Å². The molecule has 0 saturated carbocycles. The second-order valence-electron chi connectivity index (χ2n) is 3.98. The lowest BCUT2D eigenvalue weighted by atomic mass is 10.1. The van der Waals surface area contributed by atoms with Crippen LogP contribution in [0, 0.1) is 0 Å². The molecule has 0 spiro atoms. The first kappa shape index (κ1) is 14.5. The number of benzene rings is 2. The van der Waals surface area contributed by atoms with E-state index in [0.717, 1.165) is 0 Å². The summed E-state index contributed by atoms with van der Waals surface area (Å²) >= 11 is 12.2. The molecule has 0 fully saturated rings. The second kappa shape index (κ2) is 6.03. The SMILES string of the molecule is COC(=O)c1cccc(Nc2c(Cl)cccc2Cl)c1N. The van der Waals surface area contributed by atoms with Crippen LogP contribution in [0.4, 0.5) is 17.1 Å². The van der Waals surface area contributed by atoms with E-state index in [0.29, 0.717) is 21.4 Å². The number of carbonyl (C=O) groups excluding carboxylic acids is 1. The van der Waals surface area contributed by atoms with Crippen molar-refractivity contribution in [1.29, 1.82) is 0 Å². The van der Waals surface area contributed by atoms with Crippen LogP contribution >= 0.6 is 23.2 Å². The molecule has 3 N–H and O–H groups in total. The zero-order valence-electron chi connectivity index (χ0n) is 10.6. The Morgan fingerprint density at radius 3 is 2.35 bits per heavy atom. The highest BCUT2D eigenvalue weighted by atomic mass is 35.5. The molecule has 2 rings (SSSR count). The Morgan fingerprint density at radius 2 is 1.75 bits per heavy atom. The summed E-state index contributed by atoms with van der Waals surface area (Å²) in [7, 11) is 1.30. The van der Waals surface area contributed by atoms with Gasteiger partial charge in [0.1, 0.15) is 0 Å². The quantitative estimate of drug-likeness (QED) is 0.661.